The zero-order chi connectivity index (χ0) is 22.4. The highest BCUT2D eigenvalue weighted by Gasteiger charge is 2.36. The predicted molar refractivity (Wildman–Crippen MR) is 117 cm³/mol. The Morgan fingerprint density at radius 3 is 2.45 bits per heavy atom. The average Bonchev–Trinajstić information content (AvgIpc) is 2.97. The number of carbonyl (C=O) groups excluding carboxylic acids is 2. The molecule has 1 N–H and O–H groups in total. The highest BCUT2D eigenvalue weighted by molar-refractivity contribution is 7.89. The summed E-state index contributed by atoms with van der Waals surface area (Å²) in [6, 6.07) is 11.6. The first-order chi connectivity index (χ1) is 14.8. The monoisotopic (exact) mass is 464 g/mol. The summed E-state index contributed by atoms with van der Waals surface area (Å²) < 4.78 is 33.2. The molecule has 3 rings (SSSR count). The number of esters is 1. The van der Waals surface area contributed by atoms with Gasteiger partial charge in [0.2, 0.25) is 15.9 Å². The van der Waals surface area contributed by atoms with Crippen molar-refractivity contribution < 1.29 is 22.7 Å². The summed E-state index contributed by atoms with van der Waals surface area (Å²) in [7, 11) is -3.98. The second-order valence-corrected chi connectivity index (χ2v) is 9.55. The van der Waals surface area contributed by atoms with Crippen LogP contribution in [0.4, 0.5) is 0 Å². The molecule has 2 aromatic rings. The van der Waals surface area contributed by atoms with Crippen LogP contribution in [0.5, 0.6) is 0 Å². The molecule has 1 amide bonds. The minimum atomic E-state index is -3.98. The lowest BCUT2D eigenvalue weighted by Gasteiger charge is -2.29. The molecule has 9 heteroatoms. The maximum atomic E-state index is 13.5. The van der Waals surface area contributed by atoms with E-state index in [4.69, 9.17) is 16.3 Å². The fourth-order valence-electron chi connectivity index (χ4n) is 3.44. The van der Waals surface area contributed by atoms with Gasteiger partial charge in [-0.15, -0.1) is 0 Å². The molecule has 2 aromatic carbocycles. The first kappa shape index (κ1) is 23.2. The zero-order valence-electron chi connectivity index (χ0n) is 17.2. The number of carbonyl (C=O) groups is 2. The van der Waals surface area contributed by atoms with Gasteiger partial charge in [0.15, 0.2) is 0 Å². The van der Waals surface area contributed by atoms with Crippen LogP contribution in [-0.2, 0) is 26.1 Å². The Morgan fingerprint density at radius 1 is 1.13 bits per heavy atom. The molecular weight excluding hydrogens is 440 g/mol. The van der Waals surface area contributed by atoms with Crippen LogP contribution in [0.15, 0.2) is 53.4 Å². The number of hydrogen-bond acceptors (Lipinski definition) is 5. The summed E-state index contributed by atoms with van der Waals surface area (Å²) in [4.78, 5) is 24.6. The van der Waals surface area contributed by atoms with E-state index in [9.17, 15) is 18.0 Å². The second-order valence-electron chi connectivity index (χ2n) is 7.22. The van der Waals surface area contributed by atoms with Crippen LogP contribution in [-0.4, -0.2) is 43.8 Å². The van der Waals surface area contributed by atoms with Gasteiger partial charge in [-0.1, -0.05) is 23.7 Å². The Morgan fingerprint density at radius 2 is 1.81 bits per heavy atom. The summed E-state index contributed by atoms with van der Waals surface area (Å²) in [5.41, 5.74) is 1.03. The third kappa shape index (κ3) is 5.64. The van der Waals surface area contributed by atoms with Crippen LogP contribution >= 0.6 is 11.6 Å². The number of sulfonamides is 1. The summed E-state index contributed by atoms with van der Waals surface area (Å²) in [5.74, 6) is -0.749. The van der Waals surface area contributed by atoms with Crippen molar-refractivity contribution in [3.8, 4) is 0 Å². The van der Waals surface area contributed by atoms with E-state index in [1.807, 2.05) is 0 Å². The van der Waals surface area contributed by atoms with E-state index in [1.54, 1.807) is 31.2 Å². The standard InChI is InChI=1S/C22H25ClN2O5S/c1-2-30-22(27)17-8-6-16(7-9-17)15-25(20-5-3-4-14-24-21(20)26)31(28,29)19-12-10-18(23)11-13-19/h6-13,20H,2-5,14-15H2,1H3,(H,24,26)/t20-/m1/s1. The molecule has 0 aromatic heterocycles. The third-order valence-corrected chi connectivity index (χ3v) is 7.20. The summed E-state index contributed by atoms with van der Waals surface area (Å²) in [6.45, 7) is 2.51. The molecule has 1 saturated heterocycles. The normalized spacial score (nSPS) is 17.1. The van der Waals surface area contributed by atoms with Gasteiger partial charge in [0.1, 0.15) is 6.04 Å². The van der Waals surface area contributed by atoms with Crippen molar-refractivity contribution in [1.29, 1.82) is 0 Å². The van der Waals surface area contributed by atoms with Gasteiger partial charge in [0, 0.05) is 18.1 Å². The number of hydrogen-bond donors (Lipinski definition) is 1. The van der Waals surface area contributed by atoms with Crippen LogP contribution in [0.1, 0.15) is 42.1 Å². The van der Waals surface area contributed by atoms with Gasteiger partial charge in [-0.05, 0) is 68.1 Å². The molecule has 166 valence electrons. The minimum Gasteiger partial charge on any atom is -0.462 e. The molecule has 1 atom stereocenters. The summed E-state index contributed by atoms with van der Waals surface area (Å²) >= 11 is 5.92. The number of nitrogens with one attached hydrogen (secondary N) is 1. The van der Waals surface area contributed by atoms with E-state index in [1.165, 1.54) is 28.6 Å². The molecule has 0 aliphatic carbocycles. The molecule has 0 radical (unpaired) electrons. The highest BCUT2D eigenvalue weighted by Crippen LogP contribution is 2.26. The number of benzene rings is 2. The Bertz CT molecular complexity index is 1020. The van der Waals surface area contributed by atoms with Crippen LogP contribution in [0.25, 0.3) is 0 Å². The van der Waals surface area contributed by atoms with E-state index in [-0.39, 0.29) is 24.0 Å². The maximum Gasteiger partial charge on any atom is 0.338 e. The van der Waals surface area contributed by atoms with Crippen molar-refractivity contribution in [2.75, 3.05) is 13.2 Å². The van der Waals surface area contributed by atoms with E-state index >= 15 is 0 Å². The summed E-state index contributed by atoms with van der Waals surface area (Å²) in [5, 5.41) is 3.23. The molecule has 0 spiro atoms. The second kappa shape index (κ2) is 10.3. The third-order valence-electron chi connectivity index (χ3n) is 5.08. The molecular formula is C22H25ClN2O5S. The van der Waals surface area contributed by atoms with Crippen molar-refractivity contribution in [2.45, 2.75) is 43.7 Å². The lowest BCUT2D eigenvalue weighted by Crippen LogP contribution is -2.48. The van der Waals surface area contributed by atoms with Crippen molar-refractivity contribution in [3.05, 3.63) is 64.7 Å². The number of amides is 1. The van der Waals surface area contributed by atoms with E-state index in [2.05, 4.69) is 5.32 Å². The Kier molecular flexibility index (Phi) is 7.69. The van der Waals surface area contributed by atoms with Crippen molar-refractivity contribution in [2.24, 2.45) is 0 Å². The lowest BCUT2D eigenvalue weighted by molar-refractivity contribution is -0.124. The Hall–Kier alpha value is -2.42. The number of rotatable bonds is 7. The largest absolute Gasteiger partial charge is 0.462 e. The van der Waals surface area contributed by atoms with Crippen molar-refractivity contribution >= 4 is 33.5 Å². The van der Waals surface area contributed by atoms with Crippen LogP contribution in [0.3, 0.4) is 0 Å². The topological polar surface area (TPSA) is 92.8 Å². The SMILES string of the molecule is CCOC(=O)c1ccc(CN([C@@H]2CCCCNC2=O)S(=O)(=O)c2ccc(Cl)cc2)cc1. The van der Waals surface area contributed by atoms with Gasteiger partial charge >= 0.3 is 5.97 Å². The van der Waals surface area contributed by atoms with E-state index in [0.29, 0.717) is 29.1 Å². The zero-order valence-corrected chi connectivity index (χ0v) is 18.8. The molecule has 1 aliphatic heterocycles. The van der Waals surface area contributed by atoms with E-state index in [0.717, 1.165) is 12.8 Å². The number of halogens is 1. The van der Waals surface area contributed by atoms with Gasteiger partial charge in [-0.3, -0.25) is 4.79 Å². The van der Waals surface area contributed by atoms with Gasteiger partial charge in [-0.25, -0.2) is 13.2 Å². The smallest absolute Gasteiger partial charge is 0.338 e. The molecule has 0 bridgehead atoms. The van der Waals surface area contributed by atoms with E-state index < -0.39 is 22.0 Å². The Labute approximate surface area is 187 Å². The van der Waals surface area contributed by atoms with Crippen LogP contribution in [0.2, 0.25) is 5.02 Å². The predicted octanol–water partition coefficient (Wildman–Crippen LogP) is 3.38. The average molecular weight is 465 g/mol. The quantitative estimate of drug-likeness (QED) is 0.634. The fourth-order valence-corrected chi connectivity index (χ4v) is 5.18. The molecule has 7 nitrogen and oxygen atoms in total. The highest BCUT2D eigenvalue weighted by atomic mass is 35.5. The molecule has 0 saturated carbocycles. The van der Waals surface area contributed by atoms with Gasteiger partial charge in [0.25, 0.3) is 0 Å². The molecule has 0 unspecified atom stereocenters. The first-order valence-electron chi connectivity index (χ1n) is 10.1. The van der Waals surface area contributed by atoms with Gasteiger partial charge in [0.05, 0.1) is 17.1 Å². The van der Waals surface area contributed by atoms with Crippen molar-refractivity contribution in [3.63, 3.8) is 0 Å². The number of nitrogens with zero attached hydrogens (tertiary/aromatic N) is 1. The van der Waals surface area contributed by atoms with Crippen molar-refractivity contribution in [1.82, 2.24) is 9.62 Å². The maximum absolute atomic E-state index is 13.5. The van der Waals surface area contributed by atoms with Crippen LogP contribution < -0.4 is 5.32 Å². The summed E-state index contributed by atoms with van der Waals surface area (Å²) in [6.07, 6.45) is 1.96. The number of ether oxygens (including phenoxy) is 1. The van der Waals surface area contributed by atoms with Crippen LogP contribution in [0, 0.1) is 0 Å². The lowest BCUT2D eigenvalue weighted by atomic mass is 10.1. The first-order valence-corrected chi connectivity index (χ1v) is 12.0. The van der Waals surface area contributed by atoms with Gasteiger partial charge in [-0.2, -0.15) is 4.31 Å². The Balaban J connectivity index is 1.95. The molecule has 1 heterocycles. The minimum absolute atomic E-state index is 0.00779. The molecule has 1 aliphatic rings. The fraction of sp³-hybridized carbons (Fsp3) is 0.364. The molecule has 1 fully saturated rings. The van der Waals surface area contributed by atoms with Gasteiger partial charge < -0.3 is 10.1 Å². The molecule has 31 heavy (non-hydrogen) atoms.